The van der Waals surface area contributed by atoms with Crippen LogP contribution in [0, 0.1) is 17.1 Å². The van der Waals surface area contributed by atoms with Gasteiger partial charge in [-0.15, -0.1) is 0 Å². The lowest BCUT2D eigenvalue weighted by molar-refractivity contribution is -0.139. The van der Waals surface area contributed by atoms with Gasteiger partial charge in [-0.1, -0.05) is 17.7 Å². The maximum absolute atomic E-state index is 14.2. The first-order valence-corrected chi connectivity index (χ1v) is 11.5. The van der Waals surface area contributed by atoms with Crippen LogP contribution >= 0.6 is 11.6 Å². The molecule has 0 saturated heterocycles. The summed E-state index contributed by atoms with van der Waals surface area (Å²) in [5.41, 5.74) is 1.73. The molecule has 0 spiro atoms. The molecule has 1 aliphatic heterocycles. The molecule has 0 radical (unpaired) electrons. The fourth-order valence-corrected chi connectivity index (χ4v) is 3.96. The number of aromatic nitrogens is 1. The third-order valence-corrected chi connectivity index (χ3v) is 5.77. The van der Waals surface area contributed by atoms with Gasteiger partial charge in [0.2, 0.25) is 0 Å². The van der Waals surface area contributed by atoms with Gasteiger partial charge in [-0.05, 0) is 55.9 Å². The minimum Gasteiger partial charge on any atom is -0.480 e. The predicted octanol–water partition coefficient (Wildman–Crippen LogP) is 3.72. The number of anilines is 1. The Morgan fingerprint density at radius 3 is 2.88 bits per heavy atom. The number of amides is 1. The number of aryl methyl sites for hydroxylation is 2. The number of rotatable bonds is 11. The van der Waals surface area contributed by atoms with Crippen LogP contribution in [0.5, 0.6) is 0 Å². The number of nitriles is 1. The van der Waals surface area contributed by atoms with Gasteiger partial charge in [-0.3, -0.25) is 4.79 Å². The molecule has 1 aliphatic rings. The second-order valence-corrected chi connectivity index (χ2v) is 8.40. The number of benzene rings is 1. The van der Waals surface area contributed by atoms with Crippen molar-refractivity contribution in [1.82, 2.24) is 10.3 Å². The monoisotopic (exact) mass is 488 g/mol. The number of aliphatic carboxylic acids is 1. The van der Waals surface area contributed by atoms with Crippen LogP contribution in [0.2, 0.25) is 5.02 Å². The Morgan fingerprint density at radius 1 is 1.32 bits per heavy atom. The maximum atomic E-state index is 14.2. The number of hydrogen-bond donors (Lipinski definition) is 3. The topological polar surface area (TPSA) is 124 Å². The second-order valence-electron chi connectivity index (χ2n) is 7.99. The number of pyridine rings is 1. The molecule has 1 aromatic heterocycles. The van der Waals surface area contributed by atoms with E-state index in [0.29, 0.717) is 6.61 Å². The summed E-state index contributed by atoms with van der Waals surface area (Å²) in [5, 5.41) is 23.5. The fraction of sp³-hybridized carbons (Fsp3) is 0.417. The summed E-state index contributed by atoms with van der Waals surface area (Å²) in [4.78, 5) is 28.5. The number of hydrogen-bond acceptors (Lipinski definition) is 6. The van der Waals surface area contributed by atoms with Crippen LogP contribution in [-0.2, 0) is 22.4 Å². The number of ether oxygens (including phenoxy) is 1. The lowest BCUT2D eigenvalue weighted by Crippen LogP contribution is -2.42. The number of halogens is 2. The summed E-state index contributed by atoms with van der Waals surface area (Å²) < 4.78 is 19.7. The second kappa shape index (κ2) is 12.3. The third-order valence-electron chi connectivity index (χ3n) is 5.48. The Balaban J connectivity index is 1.39. The van der Waals surface area contributed by atoms with Gasteiger partial charge < -0.3 is 20.5 Å². The zero-order valence-corrected chi connectivity index (χ0v) is 19.3. The summed E-state index contributed by atoms with van der Waals surface area (Å²) in [6, 6.07) is 6.65. The molecule has 10 heteroatoms. The molecule has 34 heavy (non-hydrogen) atoms. The van der Waals surface area contributed by atoms with Gasteiger partial charge in [0.05, 0.1) is 22.2 Å². The zero-order valence-electron chi connectivity index (χ0n) is 18.6. The Kier molecular flexibility index (Phi) is 9.19. The quantitative estimate of drug-likeness (QED) is 0.412. The fourth-order valence-electron chi connectivity index (χ4n) is 3.66. The number of nitrogens with zero attached hydrogens (tertiary/aromatic N) is 2. The van der Waals surface area contributed by atoms with Crippen molar-refractivity contribution < 1.29 is 23.8 Å². The summed E-state index contributed by atoms with van der Waals surface area (Å²) in [7, 11) is 0. The molecule has 0 bridgehead atoms. The van der Waals surface area contributed by atoms with Crippen LogP contribution in [0.3, 0.4) is 0 Å². The van der Waals surface area contributed by atoms with Gasteiger partial charge in [0.25, 0.3) is 5.91 Å². The van der Waals surface area contributed by atoms with E-state index in [1.165, 1.54) is 5.56 Å². The lowest BCUT2D eigenvalue weighted by atomic mass is 10.1. The molecule has 0 fully saturated rings. The number of nitrogens with one attached hydrogen (secondary N) is 2. The van der Waals surface area contributed by atoms with E-state index < -0.39 is 29.3 Å². The molecule has 2 aromatic rings. The predicted molar refractivity (Wildman–Crippen MR) is 124 cm³/mol. The highest BCUT2D eigenvalue weighted by Gasteiger charge is 2.24. The number of unbranched alkanes of at least 4 members (excludes halogenated alkanes) is 1. The SMILES string of the molecule is N#Cc1cc(F)c(C(=O)N[C@H](CCOCCCCc2ccc3c(n2)NCCC3)C(=O)O)c(Cl)c1. The maximum Gasteiger partial charge on any atom is 0.326 e. The largest absolute Gasteiger partial charge is 0.480 e. The number of carboxylic acids is 1. The van der Waals surface area contributed by atoms with E-state index in [-0.39, 0.29) is 23.6 Å². The van der Waals surface area contributed by atoms with Crippen LogP contribution in [0.1, 0.15) is 52.9 Å². The Labute approximate surface area is 202 Å². The highest BCUT2D eigenvalue weighted by molar-refractivity contribution is 6.34. The van der Waals surface area contributed by atoms with E-state index in [1.54, 1.807) is 6.07 Å². The van der Waals surface area contributed by atoms with E-state index in [4.69, 9.17) is 21.6 Å². The molecule has 0 aliphatic carbocycles. The lowest BCUT2D eigenvalue weighted by Gasteiger charge is -2.17. The standard InChI is InChI=1S/C24H26ClFN4O4/c25-18-12-15(14-27)13-19(26)21(18)23(31)30-20(24(32)33)8-11-34-10-2-1-5-17-7-6-16-4-3-9-28-22(16)29-17/h6-7,12-13,20H,1-5,8-11H2,(H,28,29)(H,30,31)(H,32,33)/t20-/m1/s1. The molecule has 1 atom stereocenters. The number of carbonyl (C=O) groups excluding carboxylic acids is 1. The van der Waals surface area contributed by atoms with E-state index in [9.17, 15) is 19.1 Å². The molecular weight excluding hydrogens is 463 g/mol. The van der Waals surface area contributed by atoms with Crippen molar-refractivity contribution in [3.05, 3.63) is 57.5 Å². The molecule has 3 N–H and O–H groups in total. The van der Waals surface area contributed by atoms with Gasteiger partial charge >= 0.3 is 5.97 Å². The van der Waals surface area contributed by atoms with Crippen LogP contribution in [0.15, 0.2) is 24.3 Å². The molecule has 180 valence electrons. The summed E-state index contributed by atoms with van der Waals surface area (Å²) >= 11 is 5.89. The highest BCUT2D eigenvalue weighted by atomic mass is 35.5. The minimum absolute atomic E-state index is 0.00857. The molecule has 0 saturated carbocycles. The van der Waals surface area contributed by atoms with Crippen molar-refractivity contribution in [2.45, 2.75) is 44.6 Å². The van der Waals surface area contributed by atoms with Crippen molar-refractivity contribution in [1.29, 1.82) is 5.26 Å². The van der Waals surface area contributed by atoms with Crippen molar-refractivity contribution in [3.8, 4) is 6.07 Å². The van der Waals surface area contributed by atoms with Gasteiger partial charge in [-0.2, -0.15) is 5.26 Å². The number of carboxylic acid groups (broad SMARTS) is 1. The van der Waals surface area contributed by atoms with Crippen molar-refractivity contribution in [2.24, 2.45) is 0 Å². The first kappa shape index (κ1) is 25.4. The molecule has 3 rings (SSSR count). The third kappa shape index (κ3) is 6.89. The van der Waals surface area contributed by atoms with Crippen LogP contribution in [0.4, 0.5) is 10.2 Å². The number of fused-ring (bicyclic) bond motifs is 1. The molecule has 2 heterocycles. The zero-order chi connectivity index (χ0) is 24.5. The molecule has 8 nitrogen and oxygen atoms in total. The van der Waals surface area contributed by atoms with Gasteiger partial charge in [0.1, 0.15) is 17.7 Å². The van der Waals surface area contributed by atoms with E-state index in [1.807, 2.05) is 0 Å². The summed E-state index contributed by atoms with van der Waals surface area (Å²) in [5.74, 6) is -2.25. The Morgan fingerprint density at radius 2 is 2.15 bits per heavy atom. The van der Waals surface area contributed by atoms with Crippen LogP contribution in [0.25, 0.3) is 0 Å². The normalized spacial score (nSPS) is 13.3. The molecule has 1 aromatic carbocycles. The molecular formula is C24H26ClFN4O4. The average molecular weight is 489 g/mol. The van der Waals surface area contributed by atoms with Crippen molar-refractivity contribution in [3.63, 3.8) is 0 Å². The molecule has 1 amide bonds. The average Bonchev–Trinajstić information content (AvgIpc) is 2.81. The minimum atomic E-state index is -1.27. The van der Waals surface area contributed by atoms with E-state index in [0.717, 1.165) is 62.3 Å². The van der Waals surface area contributed by atoms with Gasteiger partial charge in [-0.25, -0.2) is 14.2 Å². The van der Waals surface area contributed by atoms with Gasteiger partial charge in [0.15, 0.2) is 0 Å². The first-order chi connectivity index (χ1) is 16.4. The van der Waals surface area contributed by atoms with E-state index in [2.05, 4.69) is 27.8 Å². The van der Waals surface area contributed by atoms with Crippen LogP contribution in [-0.4, -0.2) is 47.8 Å². The highest BCUT2D eigenvalue weighted by Crippen LogP contribution is 2.22. The Bertz CT molecular complexity index is 1070. The molecule has 0 unspecified atom stereocenters. The Hall–Kier alpha value is -3.22. The smallest absolute Gasteiger partial charge is 0.326 e. The summed E-state index contributed by atoms with van der Waals surface area (Å²) in [6.07, 6.45) is 4.66. The van der Waals surface area contributed by atoms with Gasteiger partial charge in [0, 0.05) is 31.9 Å². The van der Waals surface area contributed by atoms with Crippen LogP contribution < -0.4 is 10.6 Å². The first-order valence-electron chi connectivity index (χ1n) is 11.1. The van der Waals surface area contributed by atoms with Crippen molar-refractivity contribution >= 4 is 29.3 Å². The van der Waals surface area contributed by atoms with Crippen molar-refractivity contribution in [2.75, 3.05) is 25.1 Å². The summed E-state index contributed by atoms with van der Waals surface area (Å²) in [6.45, 7) is 1.51. The number of carbonyl (C=O) groups is 2. The van der Waals surface area contributed by atoms with E-state index >= 15 is 0 Å².